The van der Waals surface area contributed by atoms with Gasteiger partial charge < -0.3 is 10.6 Å². The van der Waals surface area contributed by atoms with Gasteiger partial charge in [-0.05, 0) is 30.5 Å². The van der Waals surface area contributed by atoms with E-state index in [0.717, 1.165) is 18.5 Å². The van der Waals surface area contributed by atoms with Crippen LogP contribution in [-0.2, 0) is 11.3 Å². The highest BCUT2D eigenvalue weighted by Crippen LogP contribution is 2.15. The summed E-state index contributed by atoms with van der Waals surface area (Å²) < 4.78 is 0. The lowest BCUT2D eigenvalue weighted by molar-refractivity contribution is -0.129. The van der Waals surface area contributed by atoms with Crippen molar-refractivity contribution in [2.75, 3.05) is 6.54 Å². The molecule has 2 heterocycles. The standard InChI is InChI=1S/C11H15N3O/c1-8-2-4-13-6-9(8)7-14-5-3-10(12)11(14)15/h2,4,6,10H,3,5,7,12H2,1H3. The predicted molar refractivity (Wildman–Crippen MR) is 57.0 cm³/mol. The molecule has 80 valence electrons. The van der Waals surface area contributed by atoms with Gasteiger partial charge in [0.2, 0.25) is 5.91 Å². The fraction of sp³-hybridized carbons (Fsp3) is 0.455. The second-order valence-electron chi connectivity index (χ2n) is 3.96. The van der Waals surface area contributed by atoms with E-state index in [2.05, 4.69) is 4.98 Å². The maximum Gasteiger partial charge on any atom is 0.239 e. The zero-order valence-corrected chi connectivity index (χ0v) is 8.81. The normalized spacial score (nSPS) is 21.1. The van der Waals surface area contributed by atoms with Crippen molar-refractivity contribution in [2.45, 2.75) is 25.9 Å². The first kappa shape index (κ1) is 10.1. The van der Waals surface area contributed by atoms with E-state index in [4.69, 9.17) is 5.73 Å². The molecule has 4 heteroatoms. The van der Waals surface area contributed by atoms with Crippen LogP contribution in [0.1, 0.15) is 17.5 Å². The van der Waals surface area contributed by atoms with Crippen molar-refractivity contribution in [3.05, 3.63) is 29.6 Å². The molecule has 2 N–H and O–H groups in total. The van der Waals surface area contributed by atoms with Crippen LogP contribution in [0.4, 0.5) is 0 Å². The van der Waals surface area contributed by atoms with Crippen LogP contribution in [0.3, 0.4) is 0 Å². The highest BCUT2D eigenvalue weighted by atomic mass is 16.2. The minimum absolute atomic E-state index is 0.0539. The average Bonchev–Trinajstić information content (AvgIpc) is 2.53. The van der Waals surface area contributed by atoms with Crippen LogP contribution in [0, 0.1) is 6.92 Å². The summed E-state index contributed by atoms with van der Waals surface area (Å²) in [5.74, 6) is 0.0539. The Hall–Kier alpha value is -1.42. The summed E-state index contributed by atoms with van der Waals surface area (Å²) in [6.07, 6.45) is 4.33. The molecule has 1 aromatic rings. The van der Waals surface area contributed by atoms with Crippen molar-refractivity contribution in [2.24, 2.45) is 5.73 Å². The van der Waals surface area contributed by atoms with Crippen molar-refractivity contribution >= 4 is 5.91 Å². The zero-order valence-electron chi connectivity index (χ0n) is 8.81. The monoisotopic (exact) mass is 205 g/mol. The summed E-state index contributed by atoms with van der Waals surface area (Å²) in [5.41, 5.74) is 7.92. The first-order chi connectivity index (χ1) is 7.18. The van der Waals surface area contributed by atoms with Crippen LogP contribution < -0.4 is 5.73 Å². The fourth-order valence-electron chi connectivity index (χ4n) is 1.79. The van der Waals surface area contributed by atoms with E-state index < -0.39 is 0 Å². The number of likely N-dealkylation sites (tertiary alicyclic amines) is 1. The van der Waals surface area contributed by atoms with Gasteiger partial charge in [-0.15, -0.1) is 0 Å². The second kappa shape index (κ2) is 3.98. The number of rotatable bonds is 2. The highest BCUT2D eigenvalue weighted by Gasteiger charge is 2.28. The molecule has 0 aromatic carbocycles. The summed E-state index contributed by atoms with van der Waals surface area (Å²) >= 11 is 0. The van der Waals surface area contributed by atoms with Gasteiger partial charge in [0.15, 0.2) is 0 Å². The summed E-state index contributed by atoms with van der Waals surface area (Å²) in [6, 6.07) is 1.65. The molecule has 0 aliphatic carbocycles. The van der Waals surface area contributed by atoms with Crippen molar-refractivity contribution < 1.29 is 4.79 Å². The van der Waals surface area contributed by atoms with E-state index in [1.54, 1.807) is 11.1 Å². The van der Waals surface area contributed by atoms with E-state index in [1.165, 1.54) is 5.56 Å². The number of aromatic nitrogens is 1. The van der Waals surface area contributed by atoms with Gasteiger partial charge in [0.25, 0.3) is 0 Å². The van der Waals surface area contributed by atoms with Gasteiger partial charge in [0, 0.05) is 25.5 Å². The van der Waals surface area contributed by atoms with Crippen LogP contribution in [0.25, 0.3) is 0 Å². The molecule has 4 nitrogen and oxygen atoms in total. The number of pyridine rings is 1. The maximum absolute atomic E-state index is 11.6. The number of carbonyl (C=O) groups is 1. The van der Waals surface area contributed by atoms with E-state index in [-0.39, 0.29) is 11.9 Å². The molecule has 1 aliphatic heterocycles. The number of aryl methyl sites for hydroxylation is 1. The number of hydrogen-bond acceptors (Lipinski definition) is 3. The third kappa shape index (κ3) is 1.99. The number of nitrogens with zero attached hydrogens (tertiary/aromatic N) is 2. The largest absolute Gasteiger partial charge is 0.337 e. The van der Waals surface area contributed by atoms with Gasteiger partial charge in [-0.3, -0.25) is 9.78 Å². The van der Waals surface area contributed by atoms with E-state index in [9.17, 15) is 4.79 Å². The number of amides is 1. The third-order valence-electron chi connectivity index (χ3n) is 2.85. The molecule has 1 amide bonds. The third-order valence-corrected chi connectivity index (χ3v) is 2.85. The van der Waals surface area contributed by atoms with Crippen molar-refractivity contribution in [3.63, 3.8) is 0 Å². The first-order valence-electron chi connectivity index (χ1n) is 5.12. The molecule has 0 spiro atoms. The van der Waals surface area contributed by atoms with E-state index in [0.29, 0.717) is 6.54 Å². The second-order valence-corrected chi connectivity index (χ2v) is 3.96. The van der Waals surface area contributed by atoms with Gasteiger partial charge >= 0.3 is 0 Å². The molecule has 0 saturated carbocycles. The minimum Gasteiger partial charge on any atom is -0.337 e. The molecule has 1 saturated heterocycles. The molecule has 0 radical (unpaired) electrons. The van der Waals surface area contributed by atoms with Crippen LogP contribution in [0.15, 0.2) is 18.5 Å². The number of carbonyl (C=O) groups excluding carboxylic acids is 1. The summed E-state index contributed by atoms with van der Waals surface area (Å²) in [4.78, 5) is 17.5. The fourth-order valence-corrected chi connectivity index (χ4v) is 1.79. The Morgan fingerprint density at radius 2 is 2.47 bits per heavy atom. The Morgan fingerprint density at radius 1 is 1.67 bits per heavy atom. The Morgan fingerprint density at radius 3 is 3.07 bits per heavy atom. The molecule has 1 unspecified atom stereocenters. The summed E-state index contributed by atoms with van der Waals surface area (Å²) in [6.45, 7) is 3.41. The SMILES string of the molecule is Cc1ccncc1CN1CCC(N)C1=O. The predicted octanol–water partition coefficient (Wildman–Crippen LogP) is 0.450. The molecule has 1 atom stereocenters. The smallest absolute Gasteiger partial charge is 0.239 e. The zero-order chi connectivity index (χ0) is 10.8. The quantitative estimate of drug-likeness (QED) is 0.762. The van der Waals surface area contributed by atoms with Crippen LogP contribution in [-0.4, -0.2) is 28.4 Å². The highest BCUT2D eigenvalue weighted by molar-refractivity contribution is 5.83. The summed E-state index contributed by atoms with van der Waals surface area (Å²) in [7, 11) is 0. The van der Waals surface area contributed by atoms with E-state index in [1.807, 2.05) is 19.2 Å². The van der Waals surface area contributed by atoms with Crippen molar-refractivity contribution in [1.82, 2.24) is 9.88 Å². The number of nitrogens with two attached hydrogens (primary N) is 1. The Bertz CT molecular complexity index is 378. The maximum atomic E-state index is 11.6. The topological polar surface area (TPSA) is 59.2 Å². The lowest BCUT2D eigenvalue weighted by Crippen LogP contribution is -2.33. The van der Waals surface area contributed by atoms with Crippen LogP contribution in [0.5, 0.6) is 0 Å². The Labute approximate surface area is 89.1 Å². The molecule has 1 fully saturated rings. The Kier molecular flexibility index (Phi) is 2.68. The molecular formula is C11H15N3O. The van der Waals surface area contributed by atoms with Gasteiger partial charge in [-0.25, -0.2) is 0 Å². The Balaban J connectivity index is 2.10. The number of hydrogen-bond donors (Lipinski definition) is 1. The van der Waals surface area contributed by atoms with Gasteiger partial charge in [0.05, 0.1) is 6.04 Å². The molecular weight excluding hydrogens is 190 g/mol. The van der Waals surface area contributed by atoms with Gasteiger partial charge in [-0.2, -0.15) is 0 Å². The molecule has 1 aromatic heterocycles. The lowest BCUT2D eigenvalue weighted by atomic mass is 10.1. The molecule has 0 bridgehead atoms. The molecule has 1 aliphatic rings. The van der Waals surface area contributed by atoms with Gasteiger partial charge in [-0.1, -0.05) is 0 Å². The lowest BCUT2D eigenvalue weighted by Gasteiger charge is -2.16. The van der Waals surface area contributed by atoms with Crippen molar-refractivity contribution in [1.29, 1.82) is 0 Å². The molecule has 15 heavy (non-hydrogen) atoms. The van der Waals surface area contributed by atoms with Gasteiger partial charge in [0.1, 0.15) is 0 Å². The summed E-state index contributed by atoms with van der Waals surface area (Å²) in [5, 5.41) is 0. The minimum atomic E-state index is -0.304. The van der Waals surface area contributed by atoms with Crippen LogP contribution >= 0.6 is 0 Å². The molecule has 2 rings (SSSR count). The van der Waals surface area contributed by atoms with Crippen molar-refractivity contribution in [3.8, 4) is 0 Å². The average molecular weight is 205 g/mol. The first-order valence-corrected chi connectivity index (χ1v) is 5.12. The van der Waals surface area contributed by atoms with Crippen LogP contribution in [0.2, 0.25) is 0 Å². The van der Waals surface area contributed by atoms with E-state index >= 15 is 0 Å².